The van der Waals surface area contributed by atoms with E-state index in [0.717, 1.165) is 35.8 Å². The predicted octanol–water partition coefficient (Wildman–Crippen LogP) is 3.99. The average Bonchev–Trinajstić information content (AvgIpc) is 2.61. The number of halogens is 1. The Morgan fingerprint density at radius 2 is 1.83 bits per heavy atom. The molecule has 0 amide bonds. The molecule has 5 heteroatoms. The first-order valence-electron chi connectivity index (χ1n) is 8.08. The van der Waals surface area contributed by atoms with Crippen LogP contribution in [0.25, 0.3) is 0 Å². The maximum Gasteiger partial charge on any atom is 0.161 e. The monoisotopic (exact) mass is 347 g/mol. The summed E-state index contributed by atoms with van der Waals surface area (Å²) in [4.78, 5) is 0. The average molecular weight is 348 g/mol. The molecule has 1 aliphatic rings. The summed E-state index contributed by atoms with van der Waals surface area (Å²) < 4.78 is 16.8. The Hall–Kier alpha value is -1.91. The highest BCUT2D eigenvalue weighted by molar-refractivity contribution is 6.30. The largest absolute Gasteiger partial charge is 0.496 e. The minimum atomic E-state index is 0.00696. The van der Waals surface area contributed by atoms with E-state index in [1.165, 1.54) is 11.1 Å². The van der Waals surface area contributed by atoms with Crippen LogP contribution in [0, 0.1) is 0 Å². The van der Waals surface area contributed by atoms with Gasteiger partial charge in [0.25, 0.3) is 0 Å². The molecule has 0 aliphatic carbocycles. The van der Waals surface area contributed by atoms with Crippen molar-refractivity contribution in [3.8, 4) is 17.2 Å². The fourth-order valence-electron chi connectivity index (χ4n) is 3.20. The van der Waals surface area contributed by atoms with Gasteiger partial charge in [0.2, 0.25) is 0 Å². The van der Waals surface area contributed by atoms with Gasteiger partial charge in [0.15, 0.2) is 11.5 Å². The first kappa shape index (κ1) is 16.9. The highest BCUT2D eigenvalue weighted by Gasteiger charge is 2.26. The molecule has 128 valence electrons. The zero-order chi connectivity index (χ0) is 17.1. The van der Waals surface area contributed by atoms with Gasteiger partial charge in [0.05, 0.1) is 26.9 Å². The Bertz CT molecular complexity index is 733. The van der Waals surface area contributed by atoms with Crippen LogP contribution in [0.15, 0.2) is 30.3 Å². The Balaban J connectivity index is 2.11. The van der Waals surface area contributed by atoms with E-state index in [1.807, 2.05) is 25.1 Å². The number of hydrogen-bond donors (Lipinski definition) is 1. The summed E-state index contributed by atoms with van der Waals surface area (Å²) in [6.45, 7) is 3.44. The molecule has 0 saturated heterocycles. The van der Waals surface area contributed by atoms with E-state index in [4.69, 9.17) is 25.8 Å². The van der Waals surface area contributed by atoms with Crippen LogP contribution in [0.5, 0.6) is 17.2 Å². The van der Waals surface area contributed by atoms with E-state index >= 15 is 0 Å². The molecule has 1 heterocycles. The van der Waals surface area contributed by atoms with E-state index in [0.29, 0.717) is 11.6 Å². The fourth-order valence-corrected chi connectivity index (χ4v) is 3.38. The van der Waals surface area contributed by atoms with Gasteiger partial charge in [-0.3, -0.25) is 0 Å². The van der Waals surface area contributed by atoms with Crippen molar-refractivity contribution < 1.29 is 14.2 Å². The third-order valence-electron chi connectivity index (χ3n) is 4.28. The zero-order valence-electron chi connectivity index (χ0n) is 14.2. The number of fused-ring (bicyclic) bond motifs is 1. The lowest BCUT2D eigenvalue weighted by molar-refractivity contribution is 0.309. The quantitative estimate of drug-likeness (QED) is 0.887. The molecule has 2 aromatic carbocycles. The van der Waals surface area contributed by atoms with Crippen LogP contribution >= 0.6 is 11.6 Å². The molecule has 1 N–H and O–H groups in total. The van der Waals surface area contributed by atoms with Crippen molar-refractivity contribution in [2.24, 2.45) is 0 Å². The molecule has 2 aromatic rings. The van der Waals surface area contributed by atoms with Gasteiger partial charge in [0.1, 0.15) is 5.75 Å². The summed E-state index contributed by atoms with van der Waals surface area (Å²) in [6, 6.07) is 9.85. The summed E-state index contributed by atoms with van der Waals surface area (Å²) in [5.41, 5.74) is 3.45. The minimum Gasteiger partial charge on any atom is -0.496 e. The summed E-state index contributed by atoms with van der Waals surface area (Å²) >= 11 is 6.22. The second kappa shape index (κ2) is 7.32. The summed E-state index contributed by atoms with van der Waals surface area (Å²) in [7, 11) is 3.35. The Labute approximate surface area is 147 Å². The van der Waals surface area contributed by atoms with E-state index in [2.05, 4.69) is 17.4 Å². The molecule has 4 nitrogen and oxygen atoms in total. The van der Waals surface area contributed by atoms with E-state index in [9.17, 15) is 0 Å². The van der Waals surface area contributed by atoms with Gasteiger partial charge in [-0.1, -0.05) is 11.6 Å². The topological polar surface area (TPSA) is 39.7 Å². The highest BCUT2D eigenvalue weighted by Crippen LogP contribution is 2.40. The number of rotatable bonds is 5. The molecule has 0 fully saturated rings. The van der Waals surface area contributed by atoms with Crippen molar-refractivity contribution in [3.63, 3.8) is 0 Å². The van der Waals surface area contributed by atoms with Crippen molar-refractivity contribution in [1.29, 1.82) is 0 Å². The molecule has 1 atom stereocenters. The molecule has 0 saturated carbocycles. The summed E-state index contributed by atoms with van der Waals surface area (Å²) in [5, 5.41) is 4.26. The maximum atomic E-state index is 6.22. The predicted molar refractivity (Wildman–Crippen MR) is 95.7 cm³/mol. The van der Waals surface area contributed by atoms with Crippen LogP contribution in [-0.4, -0.2) is 27.4 Å². The van der Waals surface area contributed by atoms with Crippen molar-refractivity contribution in [2.45, 2.75) is 19.4 Å². The Kier molecular flexibility index (Phi) is 5.17. The minimum absolute atomic E-state index is 0.00696. The first-order chi connectivity index (χ1) is 11.7. The second-order valence-electron chi connectivity index (χ2n) is 5.66. The molecule has 0 bridgehead atoms. The van der Waals surface area contributed by atoms with Crippen LogP contribution in [0.1, 0.15) is 29.7 Å². The summed E-state index contributed by atoms with van der Waals surface area (Å²) in [5.74, 6) is 2.35. The lowest BCUT2D eigenvalue weighted by Gasteiger charge is -2.29. The molecule has 24 heavy (non-hydrogen) atoms. The van der Waals surface area contributed by atoms with Crippen molar-refractivity contribution >= 4 is 11.6 Å². The molecule has 0 radical (unpaired) electrons. The first-order valence-corrected chi connectivity index (χ1v) is 8.46. The molecular formula is C19H22ClNO3. The molecular weight excluding hydrogens is 326 g/mol. The van der Waals surface area contributed by atoms with E-state index in [1.54, 1.807) is 14.2 Å². The Morgan fingerprint density at radius 1 is 1.04 bits per heavy atom. The number of hydrogen-bond acceptors (Lipinski definition) is 4. The molecule has 0 spiro atoms. The molecule has 0 aromatic heterocycles. The van der Waals surface area contributed by atoms with Crippen molar-refractivity contribution in [2.75, 3.05) is 27.4 Å². The number of nitrogens with one attached hydrogen (secondary N) is 1. The van der Waals surface area contributed by atoms with E-state index in [-0.39, 0.29) is 6.04 Å². The van der Waals surface area contributed by atoms with Gasteiger partial charge < -0.3 is 19.5 Å². The highest BCUT2D eigenvalue weighted by atomic mass is 35.5. The van der Waals surface area contributed by atoms with Gasteiger partial charge in [-0.05, 0) is 54.8 Å². The maximum absolute atomic E-state index is 6.22. The van der Waals surface area contributed by atoms with Crippen LogP contribution in [-0.2, 0) is 6.42 Å². The van der Waals surface area contributed by atoms with Gasteiger partial charge in [-0.2, -0.15) is 0 Å². The number of methoxy groups -OCH3 is 2. The van der Waals surface area contributed by atoms with Gasteiger partial charge in [0, 0.05) is 17.1 Å². The molecule has 1 unspecified atom stereocenters. The fraction of sp³-hybridized carbons (Fsp3) is 0.368. The molecule has 1 aliphatic heterocycles. The van der Waals surface area contributed by atoms with Gasteiger partial charge >= 0.3 is 0 Å². The third kappa shape index (κ3) is 3.17. The number of ether oxygens (including phenoxy) is 3. The van der Waals surface area contributed by atoms with Crippen LogP contribution in [0.2, 0.25) is 5.02 Å². The van der Waals surface area contributed by atoms with Crippen LogP contribution in [0.4, 0.5) is 0 Å². The van der Waals surface area contributed by atoms with Gasteiger partial charge in [-0.25, -0.2) is 0 Å². The van der Waals surface area contributed by atoms with Crippen molar-refractivity contribution in [3.05, 3.63) is 52.0 Å². The standard InChI is InChI=1S/C19H22ClNO3/c1-4-24-18-11-14-12(9-17(18)23-3)7-8-21-19(14)15-10-13(20)5-6-16(15)22-2/h5-6,9-11,19,21H,4,7-8H2,1-3H3. The summed E-state index contributed by atoms with van der Waals surface area (Å²) in [6.07, 6.45) is 0.942. The normalized spacial score (nSPS) is 16.4. The lowest BCUT2D eigenvalue weighted by Crippen LogP contribution is -2.31. The number of benzene rings is 2. The third-order valence-corrected chi connectivity index (χ3v) is 4.52. The van der Waals surface area contributed by atoms with Crippen molar-refractivity contribution in [1.82, 2.24) is 5.32 Å². The van der Waals surface area contributed by atoms with Crippen LogP contribution in [0.3, 0.4) is 0 Å². The van der Waals surface area contributed by atoms with Gasteiger partial charge in [-0.15, -0.1) is 0 Å². The smallest absolute Gasteiger partial charge is 0.161 e. The van der Waals surface area contributed by atoms with Crippen LogP contribution < -0.4 is 19.5 Å². The van der Waals surface area contributed by atoms with E-state index < -0.39 is 0 Å². The SMILES string of the molecule is CCOc1cc2c(cc1OC)CCNC2c1cc(Cl)ccc1OC. The zero-order valence-corrected chi connectivity index (χ0v) is 14.9. The Morgan fingerprint density at radius 3 is 2.54 bits per heavy atom. The molecule has 3 rings (SSSR count). The lowest BCUT2D eigenvalue weighted by atomic mass is 9.89. The second-order valence-corrected chi connectivity index (χ2v) is 6.09.